The highest BCUT2D eigenvalue weighted by Gasteiger charge is 1.96. The van der Waals surface area contributed by atoms with E-state index in [1.807, 2.05) is 0 Å². The van der Waals surface area contributed by atoms with E-state index < -0.39 is 0 Å². The van der Waals surface area contributed by atoms with Crippen molar-refractivity contribution in [3.8, 4) is 0 Å². The standard InChI is InChI=1S/C9H20N2/c1-4-6-8-11(10-3)9-7-5-2/h3-9H2,1-2H3. The molecule has 0 amide bonds. The summed E-state index contributed by atoms with van der Waals surface area (Å²) >= 11 is 0. The molecule has 0 radical (unpaired) electrons. The molecule has 0 bridgehead atoms. The Hall–Kier alpha value is -0.530. The Labute approximate surface area is 70.3 Å². The molecule has 0 unspecified atom stereocenters. The predicted molar refractivity (Wildman–Crippen MR) is 50.9 cm³/mol. The maximum absolute atomic E-state index is 3.95. The Morgan fingerprint density at radius 1 is 1.09 bits per heavy atom. The molecule has 0 saturated carbocycles. The van der Waals surface area contributed by atoms with E-state index in [0.29, 0.717) is 0 Å². The van der Waals surface area contributed by atoms with Crippen molar-refractivity contribution in [3.63, 3.8) is 0 Å². The van der Waals surface area contributed by atoms with Crippen LogP contribution < -0.4 is 0 Å². The van der Waals surface area contributed by atoms with Crippen molar-refractivity contribution in [2.24, 2.45) is 5.10 Å². The fourth-order valence-corrected chi connectivity index (χ4v) is 0.934. The first-order chi connectivity index (χ1) is 5.35. The minimum atomic E-state index is 1.07. The van der Waals surface area contributed by atoms with Gasteiger partial charge in [-0.15, -0.1) is 0 Å². The highest BCUT2D eigenvalue weighted by atomic mass is 15.4. The third-order valence-corrected chi connectivity index (χ3v) is 1.74. The molecule has 66 valence electrons. The molecule has 0 saturated heterocycles. The number of hydrogen-bond acceptors (Lipinski definition) is 2. The zero-order valence-electron chi connectivity index (χ0n) is 7.84. The van der Waals surface area contributed by atoms with Gasteiger partial charge in [0.2, 0.25) is 0 Å². The van der Waals surface area contributed by atoms with Crippen molar-refractivity contribution >= 4 is 6.72 Å². The first-order valence-electron chi connectivity index (χ1n) is 4.56. The summed E-state index contributed by atoms with van der Waals surface area (Å²) in [7, 11) is 0. The van der Waals surface area contributed by atoms with Crippen LogP contribution in [0.25, 0.3) is 0 Å². The lowest BCUT2D eigenvalue weighted by atomic mass is 10.3. The van der Waals surface area contributed by atoms with E-state index in [0.717, 1.165) is 13.1 Å². The molecule has 0 aromatic carbocycles. The van der Waals surface area contributed by atoms with E-state index in [-0.39, 0.29) is 0 Å². The van der Waals surface area contributed by atoms with E-state index in [1.54, 1.807) is 0 Å². The zero-order chi connectivity index (χ0) is 8.53. The Morgan fingerprint density at radius 3 is 1.82 bits per heavy atom. The summed E-state index contributed by atoms with van der Waals surface area (Å²) in [4.78, 5) is 0. The Bertz CT molecular complexity index is 83.6. The molecule has 2 heteroatoms. The lowest BCUT2D eigenvalue weighted by Crippen LogP contribution is -2.19. The lowest BCUT2D eigenvalue weighted by Gasteiger charge is -2.17. The fourth-order valence-electron chi connectivity index (χ4n) is 0.934. The molecule has 0 aromatic heterocycles. The number of hydrogen-bond donors (Lipinski definition) is 0. The first kappa shape index (κ1) is 10.5. The molecule has 0 N–H and O–H groups in total. The normalized spacial score (nSPS) is 9.64. The number of rotatable bonds is 7. The fraction of sp³-hybridized carbons (Fsp3) is 0.889. The van der Waals surface area contributed by atoms with Gasteiger partial charge >= 0.3 is 0 Å². The summed E-state index contributed by atoms with van der Waals surface area (Å²) in [6, 6.07) is 0. The largest absolute Gasteiger partial charge is 0.298 e. The summed E-state index contributed by atoms with van der Waals surface area (Å²) in [5, 5.41) is 6.01. The van der Waals surface area contributed by atoms with Crippen LogP contribution in [0.1, 0.15) is 39.5 Å². The van der Waals surface area contributed by atoms with Crippen LogP contribution in [0.15, 0.2) is 5.10 Å². The van der Waals surface area contributed by atoms with Crippen molar-refractivity contribution in [1.29, 1.82) is 0 Å². The van der Waals surface area contributed by atoms with Gasteiger partial charge < -0.3 is 0 Å². The maximum atomic E-state index is 3.95. The van der Waals surface area contributed by atoms with Gasteiger partial charge in [-0.3, -0.25) is 5.01 Å². The highest BCUT2D eigenvalue weighted by Crippen LogP contribution is 1.98. The molecule has 0 atom stereocenters. The Kier molecular flexibility index (Phi) is 7.21. The monoisotopic (exact) mass is 156 g/mol. The quantitative estimate of drug-likeness (QED) is 0.408. The molecule has 0 heterocycles. The van der Waals surface area contributed by atoms with Crippen LogP contribution >= 0.6 is 0 Å². The van der Waals surface area contributed by atoms with Gasteiger partial charge in [-0.25, -0.2) is 0 Å². The molecular formula is C9H20N2. The van der Waals surface area contributed by atoms with Gasteiger partial charge in [-0.1, -0.05) is 26.7 Å². The molecule has 0 spiro atoms. The van der Waals surface area contributed by atoms with Crippen molar-refractivity contribution in [1.82, 2.24) is 5.01 Å². The predicted octanol–water partition coefficient (Wildman–Crippen LogP) is 2.50. The SMILES string of the molecule is C=NN(CCCC)CCCC. The van der Waals surface area contributed by atoms with E-state index >= 15 is 0 Å². The molecule has 11 heavy (non-hydrogen) atoms. The Morgan fingerprint density at radius 2 is 1.55 bits per heavy atom. The minimum Gasteiger partial charge on any atom is -0.298 e. The van der Waals surface area contributed by atoms with Crippen molar-refractivity contribution in [2.75, 3.05) is 13.1 Å². The van der Waals surface area contributed by atoms with Crippen LogP contribution in [0.4, 0.5) is 0 Å². The van der Waals surface area contributed by atoms with Crippen LogP contribution in [0.3, 0.4) is 0 Å². The average Bonchev–Trinajstić information content (AvgIpc) is 2.05. The second-order valence-corrected chi connectivity index (χ2v) is 2.80. The molecule has 0 rings (SSSR count). The van der Waals surface area contributed by atoms with Gasteiger partial charge in [0.15, 0.2) is 0 Å². The number of nitrogens with zero attached hydrogens (tertiary/aromatic N) is 2. The maximum Gasteiger partial charge on any atom is 0.0359 e. The van der Waals surface area contributed by atoms with E-state index in [9.17, 15) is 0 Å². The van der Waals surface area contributed by atoms with Gasteiger partial charge in [0.25, 0.3) is 0 Å². The van der Waals surface area contributed by atoms with Crippen molar-refractivity contribution in [3.05, 3.63) is 0 Å². The molecule has 0 aliphatic heterocycles. The molecule has 0 fully saturated rings. The minimum absolute atomic E-state index is 1.07. The van der Waals surface area contributed by atoms with Crippen LogP contribution in [0.2, 0.25) is 0 Å². The first-order valence-corrected chi connectivity index (χ1v) is 4.56. The second kappa shape index (κ2) is 7.58. The summed E-state index contributed by atoms with van der Waals surface area (Å²) in [6.45, 7) is 10.1. The van der Waals surface area contributed by atoms with Crippen molar-refractivity contribution < 1.29 is 0 Å². The molecule has 2 nitrogen and oxygen atoms in total. The van der Waals surface area contributed by atoms with Gasteiger partial charge in [-0.05, 0) is 12.8 Å². The van der Waals surface area contributed by atoms with E-state index in [1.165, 1.54) is 25.7 Å². The summed E-state index contributed by atoms with van der Waals surface area (Å²) in [5.74, 6) is 0. The Balaban J connectivity index is 3.33. The number of unbranched alkanes of at least 4 members (excludes halogenated alkanes) is 2. The van der Waals surface area contributed by atoms with E-state index in [2.05, 4.69) is 30.7 Å². The lowest BCUT2D eigenvalue weighted by molar-refractivity contribution is 0.281. The molecule has 0 aliphatic rings. The van der Waals surface area contributed by atoms with Crippen LogP contribution in [0.5, 0.6) is 0 Å². The van der Waals surface area contributed by atoms with Gasteiger partial charge in [0.05, 0.1) is 0 Å². The molecule has 0 aromatic rings. The van der Waals surface area contributed by atoms with Crippen LogP contribution in [0, 0.1) is 0 Å². The summed E-state index contributed by atoms with van der Waals surface area (Å²) in [5.41, 5.74) is 0. The van der Waals surface area contributed by atoms with E-state index in [4.69, 9.17) is 0 Å². The van der Waals surface area contributed by atoms with Gasteiger partial charge in [0, 0.05) is 19.8 Å². The van der Waals surface area contributed by atoms with Gasteiger partial charge in [0.1, 0.15) is 0 Å². The summed E-state index contributed by atoms with van der Waals surface area (Å²) in [6.07, 6.45) is 4.92. The van der Waals surface area contributed by atoms with Gasteiger partial charge in [-0.2, -0.15) is 5.10 Å². The zero-order valence-corrected chi connectivity index (χ0v) is 7.84. The topological polar surface area (TPSA) is 15.6 Å². The summed E-state index contributed by atoms with van der Waals surface area (Å²) < 4.78 is 0. The smallest absolute Gasteiger partial charge is 0.0359 e. The molecular weight excluding hydrogens is 136 g/mol. The molecule has 0 aliphatic carbocycles. The highest BCUT2D eigenvalue weighted by molar-refractivity contribution is 5.22. The van der Waals surface area contributed by atoms with Crippen LogP contribution in [-0.4, -0.2) is 24.8 Å². The third kappa shape index (κ3) is 5.89. The number of hydrazone groups is 1. The van der Waals surface area contributed by atoms with Crippen LogP contribution in [-0.2, 0) is 0 Å². The second-order valence-electron chi connectivity index (χ2n) is 2.80. The average molecular weight is 156 g/mol. The van der Waals surface area contributed by atoms with Crippen molar-refractivity contribution in [2.45, 2.75) is 39.5 Å². The third-order valence-electron chi connectivity index (χ3n) is 1.74.